The van der Waals surface area contributed by atoms with Gasteiger partial charge in [-0.2, -0.15) is 0 Å². The van der Waals surface area contributed by atoms with Gasteiger partial charge in [-0.25, -0.2) is 9.36 Å². The molecule has 0 unspecified atom stereocenters. The Morgan fingerprint density at radius 3 is 2.46 bits per heavy atom. The summed E-state index contributed by atoms with van der Waals surface area (Å²) in [6.45, 7) is 6.47. The van der Waals surface area contributed by atoms with Gasteiger partial charge in [-0.1, -0.05) is 0 Å². The fourth-order valence-electron chi connectivity index (χ4n) is 3.15. The van der Waals surface area contributed by atoms with Gasteiger partial charge in [0.1, 0.15) is 11.3 Å². The number of rotatable bonds is 3. The molecule has 1 N–H and O–H groups in total. The SMILES string of the molecule is CCOc1ccc(-n2c(O)c3cnc4cc(C)c(C)cc4n3c2=O)cc1. The lowest BCUT2D eigenvalue weighted by atomic mass is 10.1. The van der Waals surface area contributed by atoms with Gasteiger partial charge >= 0.3 is 5.69 Å². The van der Waals surface area contributed by atoms with Crippen molar-refractivity contribution >= 4 is 16.6 Å². The highest BCUT2D eigenvalue weighted by molar-refractivity contribution is 5.81. The number of nitrogens with zero attached hydrogens (tertiary/aromatic N) is 3. The average molecular weight is 349 g/mol. The molecular formula is C20H19N3O3. The minimum absolute atomic E-state index is 0.133. The summed E-state index contributed by atoms with van der Waals surface area (Å²) < 4.78 is 8.21. The molecule has 2 aromatic carbocycles. The number of fused-ring (bicyclic) bond motifs is 3. The number of aryl methyl sites for hydroxylation is 2. The molecule has 6 heteroatoms. The molecule has 0 saturated heterocycles. The predicted octanol–water partition coefficient (Wildman–Crippen LogP) is 3.36. The maximum atomic E-state index is 13.1. The van der Waals surface area contributed by atoms with Gasteiger partial charge < -0.3 is 9.84 Å². The summed E-state index contributed by atoms with van der Waals surface area (Å²) >= 11 is 0. The number of hydrogen-bond donors (Lipinski definition) is 1. The molecule has 26 heavy (non-hydrogen) atoms. The van der Waals surface area contributed by atoms with Crippen molar-refractivity contribution in [1.82, 2.24) is 14.0 Å². The smallest absolute Gasteiger partial charge is 0.340 e. The highest BCUT2D eigenvalue weighted by atomic mass is 16.5. The van der Waals surface area contributed by atoms with Crippen LogP contribution in [-0.2, 0) is 0 Å². The molecule has 0 aliphatic carbocycles. The predicted molar refractivity (Wildman–Crippen MR) is 101 cm³/mol. The van der Waals surface area contributed by atoms with Crippen LogP contribution in [0.5, 0.6) is 11.6 Å². The van der Waals surface area contributed by atoms with Crippen molar-refractivity contribution < 1.29 is 9.84 Å². The van der Waals surface area contributed by atoms with Crippen molar-refractivity contribution in [2.45, 2.75) is 20.8 Å². The van der Waals surface area contributed by atoms with E-state index in [0.29, 0.717) is 34.6 Å². The molecule has 4 rings (SSSR count). The number of aromatic hydroxyl groups is 1. The minimum atomic E-state index is -0.336. The van der Waals surface area contributed by atoms with Gasteiger partial charge in [0.15, 0.2) is 0 Å². The zero-order valence-electron chi connectivity index (χ0n) is 14.9. The van der Waals surface area contributed by atoms with Crippen molar-refractivity contribution in [3.63, 3.8) is 0 Å². The van der Waals surface area contributed by atoms with Crippen LogP contribution in [0.3, 0.4) is 0 Å². The quantitative estimate of drug-likeness (QED) is 0.616. The molecule has 0 fully saturated rings. The van der Waals surface area contributed by atoms with Crippen LogP contribution in [0.15, 0.2) is 47.4 Å². The van der Waals surface area contributed by atoms with Crippen LogP contribution in [0.4, 0.5) is 0 Å². The highest BCUT2D eigenvalue weighted by Gasteiger charge is 2.18. The molecule has 132 valence electrons. The van der Waals surface area contributed by atoms with Gasteiger partial charge in [0, 0.05) is 0 Å². The molecule has 2 heterocycles. The summed E-state index contributed by atoms with van der Waals surface area (Å²) in [6, 6.07) is 10.9. The first-order chi connectivity index (χ1) is 12.5. The Labute approximate surface area is 149 Å². The second-order valence-electron chi connectivity index (χ2n) is 6.27. The molecular weight excluding hydrogens is 330 g/mol. The van der Waals surface area contributed by atoms with Crippen LogP contribution in [0.2, 0.25) is 0 Å². The summed E-state index contributed by atoms with van der Waals surface area (Å²) in [4.78, 5) is 17.5. The van der Waals surface area contributed by atoms with Crippen LogP contribution in [-0.4, -0.2) is 25.7 Å². The molecule has 0 saturated carbocycles. The van der Waals surface area contributed by atoms with E-state index < -0.39 is 0 Å². The molecule has 0 radical (unpaired) electrons. The first kappa shape index (κ1) is 16.2. The summed E-state index contributed by atoms with van der Waals surface area (Å²) in [5.74, 6) is 0.581. The van der Waals surface area contributed by atoms with Gasteiger partial charge in [-0.05, 0) is 68.3 Å². The number of aromatic nitrogens is 3. The lowest BCUT2D eigenvalue weighted by Gasteiger charge is -2.05. The highest BCUT2D eigenvalue weighted by Crippen LogP contribution is 2.26. The van der Waals surface area contributed by atoms with E-state index in [0.717, 1.165) is 11.1 Å². The fraction of sp³-hybridized carbons (Fsp3) is 0.200. The molecule has 0 amide bonds. The van der Waals surface area contributed by atoms with E-state index in [1.165, 1.54) is 15.2 Å². The minimum Gasteiger partial charge on any atom is -0.494 e. The topological polar surface area (TPSA) is 68.8 Å². The molecule has 0 atom stereocenters. The zero-order chi connectivity index (χ0) is 18.4. The third kappa shape index (κ3) is 2.34. The lowest BCUT2D eigenvalue weighted by molar-refractivity contribution is 0.340. The van der Waals surface area contributed by atoms with Crippen LogP contribution >= 0.6 is 0 Å². The van der Waals surface area contributed by atoms with E-state index in [-0.39, 0.29) is 11.6 Å². The second kappa shape index (κ2) is 5.91. The lowest BCUT2D eigenvalue weighted by Crippen LogP contribution is -2.19. The largest absolute Gasteiger partial charge is 0.494 e. The van der Waals surface area contributed by atoms with Crippen LogP contribution in [0.1, 0.15) is 18.1 Å². The fourth-order valence-corrected chi connectivity index (χ4v) is 3.15. The number of ether oxygens (including phenoxy) is 1. The molecule has 0 bridgehead atoms. The number of hydrogen-bond acceptors (Lipinski definition) is 4. The van der Waals surface area contributed by atoms with Crippen molar-refractivity contribution in [1.29, 1.82) is 0 Å². The summed E-state index contributed by atoms with van der Waals surface area (Å²) in [6.07, 6.45) is 1.53. The van der Waals surface area contributed by atoms with E-state index in [2.05, 4.69) is 4.98 Å². The third-order valence-corrected chi connectivity index (χ3v) is 4.63. The zero-order valence-corrected chi connectivity index (χ0v) is 14.9. The standard InChI is InChI=1S/C20H19N3O3/c1-4-26-15-7-5-14(6-8-15)22-19(24)18-11-21-16-9-12(2)13(3)10-17(16)23(18)20(22)25/h5-11,24H,4H2,1-3H3. The molecule has 4 aromatic rings. The van der Waals surface area contributed by atoms with E-state index in [4.69, 9.17) is 4.74 Å². The molecule has 2 aromatic heterocycles. The third-order valence-electron chi connectivity index (χ3n) is 4.63. The van der Waals surface area contributed by atoms with Gasteiger partial charge in [-0.3, -0.25) is 9.38 Å². The number of benzene rings is 2. The molecule has 6 nitrogen and oxygen atoms in total. The van der Waals surface area contributed by atoms with Gasteiger partial charge in [0.25, 0.3) is 0 Å². The Morgan fingerprint density at radius 1 is 1.08 bits per heavy atom. The second-order valence-corrected chi connectivity index (χ2v) is 6.27. The van der Waals surface area contributed by atoms with Crippen LogP contribution < -0.4 is 10.4 Å². The summed E-state index contributed by atoms with van der Waals surface area (Å²) in [7, 11) is 0. The van der Waals surface area contributed by atoms with E-state index in [1.54, 1.807) is 24.3 Å². The van der Waals surface area contributed by atoms with E-state index in [9.17, 15) is 9.90 Å². The molecule has 0 aliphatic rings. The van der Waals surface area contributed by atoms with Gasteiger partial charge in [0.2, 0.25) is 5.88 Å². The summed E-state index contributed by atoms with van der Waals surface area (Å²) in [5.41, 5.74) is 4.16. The Morgan fingerprint density at radius 2 is 1.77 bits per heavy atom. The van der Waals surface area contributed by atoms with Crippen molar-refractivity contribution in [2.75, 3.05) is 6.61 Å². The van der Waals surface area contributed by atoms with Gasteiger partial charge in [-0.15, -0.1) is 0 Å². The number of imidazole rings is 1. The molecule has 0 aliphatic heterocycles. The maximum Gasteiger partial charge on any atom is 0.340 e. The average Bonchev–Trinajstić information content (AvgIpc) is 2.88. The van der Waals surface area contributed by atoms with Crippen molar-refractivity contribution in [3.8, 4) is 17.3 Å². The maximum absolute atomic E-state index is 13.1. The molecule has 0 spiro atoms. The Hall–Kier alpha value is -3.28. The first-order valence-corrected chi connectivity index (χ1v) is 8.47. The Kier molecular flexibility index (Phi) is 3.68. The monoisotopic (exact) mass is 349 g/mol. The van der Waals surface area contributed by atoms with Crippen LogP contribution in [0.25, 0.3) is 22.2 Å². The first-order valence-electron chi connectivity index (χ1n) is 8.47. The summed E-state index contributed by atoms with van der Waals surface area (Å²) in [5, 5.41) is 10.7. The Bertz CT molecular complexity index is 1190. The van der Waals surface area contributed by atoms with Crippen molar-refractivity contribution in [2.24, 2.45) is 0 Å². The normalized spacial score (nSPS) is 11.3. The Balaban J connectivity index is 2.01. The van der Waals surface area contributed by atoms with Crippen molar-refractivity contribution in [3.05, 3.63) is 64.2 Å². The van der Waals surface area contributed by atoms with Gasteiger partial charge in [0.05, 0.1) is 29.5 Å². The van der Waals surface area contributed by atoms with E-state index >= 15 is 0 Å². The van der Waals surface area contributed by atoms with E-state index in [1.807, 2.05) is 32.9 Å². The van der Waals surface area contributed by atoms with Crippen LogP contribution in [0, 0.1) is 13.8 Å².